The van der Waals surface area contributed by atoms with Gasteiger partial charge in [0.2, 0.25) is 0 Å². The molecule has 1 heterocycles. The van der Waals surface area contributed by atoms with E-state index in [1.165, 1.54) is 0 Å². The first-order valence-electron chi connectivity index (χ1n) is 5.37. The summed E-state index contributed by atoms with van der Waals surface area (Å²) in [6.07, 6.45) is -1.05. The van der Waals surface area contributed by atoms with Gasteiger partial charge in [-0.1, -0.05) is 6.92 Å². The lowest BCUT2D eigenvalue weighted by Crippen LogP contribution is -2.21. The van der Waals surface area contributed by atoms with Gasteiger partial charge in [0, 0.05) is 6.42 Å². The fourth-order valence-electron chi connectivity index (χ4n) is 1.75. The Labute approximate surface area is 105 Å². The maximum Gasteiger partial charge on any atom is 0.256 e. The van der Waals surface area contributed by atoms with Gasteiger partial charge in [0.05, 0.1) is 17.0 Å². The zero-order chi connectivity index (χ0) is 14.3. The number of nitrogens with zero attached hydrogens (tertiary/aromatic N) is 1. The topological polar surface area (TPSA) is 67.5 Å². The van der Waals surface area contributed by atoms with Gasteiger partial charge < -0.3 is 11.1 Å². The number of halogens is 4. The number of rotatable bonds is 2. The number of carbonyl (C=O) groups is 1. The summed E-state index contributed by atoms with van der Waals surface area (Å²) < 4.78 is 53.3. The Balaban J connectivity index is 2.68. The molecule has 1 aliphatic rings. The first kappa shape index (κ1) is 13.3. The van der Waals surface area contributed by atoms with Crippen molar-refractivity contribution >= 4 is 11.7 Å². The Morgan fingerprint density at radius 3 is 2.37 bits per heavy atom. The van der Waals surface area contributed by atoms with E-state index in [2.05, 4.69) is 10.3 Å². The van der Waals surface area contributed by atoms with Crippen LogP contribution in [0.5, 0.6) is 0 Å². The number of carbonyl (C=O) groups excluding carboxylic acids is 1. The maximum absolute atomic E-state index is 13.6. The highest BCUT2D eigenvalue weighted by atomic mass is 19.2. The van der Waals surface area contributed by atoms with Gasteiger partial charge in [-0.2, -0.15) is 0 Å². The van der Waals surface area contributed by atoms with Crippen molar-refractivity contribution in [3.05, 3.63) is 34.4 Å². The van der Waals surface area contributed by atoms with Gasteiger partial charge in [-0.05, 0) is 0 Å². The van der Waals surface area contributed by atoms with Gasteiger partial charge in [-0.3, -0.25) is 4.79 Å². The summed E-state index contributed by atoms with van der Waals surface area (Å²) in [7, 11) is 0. The lowest BCUT2D eigenvalue weighted by Gasteiger charge is -2.09. The molecule has 0 spiro atoms. The zero-order valence-corrected chi connectivity index (χ0v) is 9.73. The van der Waals surface area contributed by atoms with E-state index in [0.29, 0.717) is 6.42 Å². The maximum atomic E-state index is 13.6. The van der Waals surface area contributed by atoms with Crippen molar-refractivity contribution < 1.29 is 22.4 Å². The quantitative estimate of drug-likeness (QED) is 0.284. The van der Waals surface area contributed by atoms with Crippen LogP contribution in [0.4, 0.5) is 17.6 Å². The number of hydrogen-bond donors (Lipinski definition) is 2. The van der Waals surface area contributed by atoms with Crippen LogP contribution in [0.15, 0.2) is 4.99 Å². The van der Waals surface area contributed by atoms with Crippen molar-refractivity contribution in [1.29, 1.82) is 0 Å². The largest absolute Gasteiger partial charge is 0.387 e. The second-order valence-corrected chi connectivity index (χ2v) is 3.89. The first-order valence-corrected chi connectivity index (χ1v) is 5.37. The number of amidine groups is 1. The minimum absolute atomic E-state index is 0.0580. The van der Waals surface area contributed by atoms with Gasteiger partial charge in [-0.15, -0.1) is 0 Å². The molecular weight excluding hydrogens is 266 g/mol. The Morgan fingerprint density at radius 1 is 1.21 bits per heavy atom. The summed E-state index contributed by atoms with van der Waals surface area (Å²) in [5, 5.41) is 2.10. The summed E-state index contributed by atoms with van der Waals surface area (Å²) in [5.74, 6) is -8.41. The number of hydrogen-bond acceptors (Lipinski definition) is 2. The van der Waals surface area contributed by atoms with Crippen molar-refractivity contribution in [1.82, 2.24) is 5.32 Å². The van der Waals surface area contributed by atoms with E-state index in [1.807, 2.05) is 0 Å². The van der Waals surface area contributed by atoms with E-state index in [9.17, 15) is 22.4 Å². The van der Waals surface area contributed by atoms with Gasteiger partial charge in [0.25, 0.3) is 5.91 Å². The highest BCUT2D eigenvalue weighted by Gasteiger charge is 2.39. The van der Waals surface area contributed by atoms with E-state index >= 15 is 0 Å². The van der Waals surface area contributed by atoms with Crippen molar-refractivity contribution in [3.63, 3.8) is 0 Å². The third kappa shape index (κ3) is 1.92. The van der Waals surface area contributed by atoms with Gasteiger partial charge in [-0.25, -0.2) is 22.6 Å². The molecule has 1 aliphatic heterocycles. The molecule has 0 saturated carbocycles. The predicted molar refractivity (Wildman–Crippen MR) is 58.4 cm³/mol. The molecule has 1 amide bonds. The van der Waals surface area contributed by atoms with Crippen LogP contribution >= 0.6 is 0 Å². The minimum atomic E-state index is -2.03. The van der Waals surface area contributed by atoms with E-state index in [4.69, 9.17) is 5.73 Å². The highest BCUT2D eigenvalue weighted by Crippen LogP contribution is 2.34. The number of amides is 1. The monoisotopic (exact) mass is 275 g/mol. The molecule has 102 valence electrons. The second-order valence-electron chi connectivity index (χ2n) is 3.89. The van der Waals surface area contributed by atoms with Gasteiger partial charge in [0.1, 0.15) is 0 Å². The summed E-state index contributed by atoms with van der Waals surface area (Å²) in [4.78, 5) is 15.2. The molecule has 0 saturated heterocycles. The predicted octanol–water partition coefficient (Wildman–Crippen LogP) is 1.75. The minimum Gasteiger partial charge on any atom is -0.387 e. The van der Waals surface area contributed by atoms with Crippen LogP contribution in [0.3, 0.4) is 0 Å². The van der Waals surface area contributed by atoms with Crippen LogP contribution < -0.4 is 11.1 Å². The molecule has 2 rings (SSSR count). The second kappa shape index (κ2) is 4.52. The molecule has 3 N–H and O–H groups in total. The number of nitrogens with two attached hydrogens (primary N) is 1. The van der Waals surface area contributed by atoms with Crippen molar-refractivity contribution in [2.24, 2.45) is 10.7 Å². The van der Waals surface area contributed by atoms with Gasteiger partial charge in [0.15, 0.2) is 29.4 Å². The van der Waals surface area contributed by atoms with Crippen molar-refractivity contribution in [2.45, 2.75) is 19.5 Å². The Kier molecular flexibility index (Phi) is 3.17. The van der Waals surface area contributed by atoms with Crippen LogP contribution in [0.25, 0.3) is 0 Å². The molecule has 0 aromatic heterocycles. The first-order chi connectivity index (χ1) is 8.88. The molecule has 0 aliphatic carbocycles. The van der Waals surface area contributed by atoms with E-state index in [-0.39, 0.29) is 5.84 Å². The molecule has 1 unspecified atom stereocenters. The zero-order valence-electron chi connectivity index (χ0n) is 9.73. The number of aliphatic imine (C=N–C) groups is 1. The van der Waals surface area contributed by atoms with Crippen molar-refractivity contribution in [2.75, 3.05) is 0 Å². The highest BCUT2D eigenvalue weighted by molar-refractivity contribution is 5.99. The average Bonchev–Trinajstić information content (AvgIpc) is 2.70. The normalized spacial score (nSPS) is 18.5. The lowest BCUT2D eigenvalue weighted by atomic mass is 10.1. The van der Waals surface area contributed by atoms with Crippen LogP contribution in [-0.4, -0.2) is 11.7 Å². The number of benzene rings is 1. The fourth-order valence-corrected chi connectivity index (χ4v) is 1.75. The molecule has 0 fully saturated rings. The number of nitrogens with one attached hydrogen (secondary N) is 1. The summed E-state index contributed by atoms with van der Waals surface area (Å²) in [5.41, 5.74) is 3.88. The Hall–Kier alpha value is -2.12. The van der Waals surface area contributed by atoms with Crippen LogP contribution in [0.2, 0.25) is 0 Å². The molecule has 1 aromatic rings. The third-order valence-electron chi connectivity index (χ3n) is 2.73. The summed E-state index contributed by atoms with van der Waals surface area (Å²) in [6, 6.07) is 0. The lowest BCUT2D eigenvalue weighted by molar-refractivity contribution is 0.0953. The molecule has 19 heavy (non-hydrogen) atoms. The van der Waals surface area contributed by atoms with Crippen LogP contribution in [0, 0.1) is 23.3 Å². The molecule has 4 nitrogen and oxygen atoms in total. The van der Waals surface area contributed by atoms with Crippen molar-refractivity contribution in [3.8, 4) is 0 Å². The molecule has 0 bridgehead atoms. The molecule has 1 atom stereocenters. The summed E-state index contributed by atoms with van der Waals surface area (Å²) in [6.45, 7) is 1.65. The fraction of sp³-hybridized carbons (Fsp3) is 0.273. The molecule has 8 heteroatoms. The van der Waals surface area contributed by atoms with E-state index < -0.39 is 46.5 Å². The third-order valence-corrected chi connectivity index (χ3v) is 2.73. The SMILES string of the molecule is CCC(N)=NC1NC(=O)c2c(F)c(F)c(F)c(F)c21. The molecule has 0 radical (unpaired) electrons. The van der Waals surface area contributed by atoms with E-state index in [1.54, 1.807) is 6.92 Å². The summed E-state index contributed by atoms with van der Waals surface area (Å²) >= 11 is 0. The molecule has 1 aromatic carbocycles. The average molecular weight is 275 g/mol. The number of fused-ring (bicyclic) bond motifs is 1. The smallest absolute Gasteiger partial charge is 0.256 e. The Bertz CT molecular complexity index is 600. The molecular formula is C11H9F4N3O. The van der Waals surface area contributed by atoms with Crippen LogP contribution in [-0.2, 0) is 0 Å². The Morgan fingerprint density at radius 2 is 1.79 bits per heavy atom. The van der Waals surface area contributed by atoms with E-state index in [0.717, 1.165) is 0 Å². The van der Waals surface area contributed by atoms with Gasteiger partial charge >= 0.3 is 0 Å². The van der Waals surface area contributed by atoms with Crippen LogP contribution in [0.1, 0.15) is 35.4 Å². The standard InChI is InChI=1S/C11H9F4N3O/c1-2-3(16)17-10-4-5(11(19)18-10)7(13)9(15)8(14)6(4)12/h10H,2H2,1H3,(H2,16,17)(H,18,19).